The van der Waals surface area contributed by atoms with Crippen LogP contribution in [0, 0.1) is 5.41 Å². The molecule has 0 aromatic carbocycles. The quantitative estimate of drug-likeness (QED) is 0.413. The van der Waals surface area contributed by atoms with E-state index < -0.39 is 0 Å². The Balaban J connectivity index is 1.34. The van der Waals surface area contributed by atoms with Gasteiger partial charge in [-0.1, -0.05) is 6.08 Å². The summed E-state index contributed by atoms with van der Waals surface area (Å²) < 4.78 is 7.96. The zero-order valence-electron chi connectivity index (χ0n) is 20.6. The predicted molar refractivity (Wildman–Crippen MR) is 138 cm³/mol. The maximum atomic E-state index is 10.7. The van der Waals surface area contributed by atoms with Crippen LogP contribution in [0.1, 0.15) is 50.6 Å². The molecule has 2 N–H and O–H groups in total. The summed E-state index contributed by atoms with van der Waals surface area (Å²) in [6.45, 7) is 1.98. The molecule has 4 heterocycles. The number of likely N-dealkylation sites (tertiary alicyclic amines) is 1. The molecule has 1 spiro atoms. The summed E-state index contributed by atoms with van der Waals surface area (Å²) in [7, 11) is 2.03. The summed E-state index contributed by atoms with van der Waals surface area (Å²) >= 11 is 0. The SMILES string of the molecule is Cn1c(C2=CCC3(CC2)CCN(C=CC=O)CC3)c(-c2ncc(OC3CC3)cn2)c2c(N)ncnc21. The van der Waals surface area contributed by atoms with Crippen molar-refractivity contribution < 1.29 is 9.53 Å². The molecule has 3 aromatic rings. The second-order valence-electron chi connectivity index (χ2n) is 10.2. The maximum absolute atomic E-state index is 10.7. The number of allylic oxidation sites excluding steroid dienone is 3. The highest BCUT2D eigenvalue weighted by molar-refractivity contribution is 6.04. The van der Waals surface area contributed by atoms with Crippen LogP contribution in [0.5, 0.6) is 5.75 Å². The van der Waals surface area contributed by atoms with E-state index in [-0.39, 0.29) is 0 Å². The first-order chi connectivity index (χ1) is 17.6. The number of piperidine rings is 1. The van der Waals surface area contributed by atoms with Crippen LogP contribution in [0.4, 0.5) is 5.82 Å². The number of fused-ring (bicyclic) bond motifs is 1. The van der Waals surface area contributed by atoms with E-state index in [0.717, 1.165) is 86.6 Å². The van der Waals surface area contributed by atoms with Crippen LogP contribution < -0.4 is 10.5 Å². The second-order valence-corrected chi connectivity index (χ2v) is 10.2. The first-order valence-corrected chi connectivity index (χ1v) is 12.7. The highest BCUT2D eigenvalue weighted by Crippen LogP contribution is 2.48. The molecule has 186 valence electrons. The molecule has 0 radical (unpaired) electrons. The number of nitrogens with zero attached hydrogens (tertiary/aromatic N) is 6. The Morgan fingerprint density at radius 3 is 2.56 bits per heavy atom. The van der Waals surface area contributed by atoms with Crippen LogP contribution in [0.15, 0.2) is 37.1 Å². The fourth-order valence-corrected chi connectivity index (χ4v) is 5.67. The van der Waals surface area contributed by atoms with E-state index in [1.54, 1.807) is 18.5 Å². The number of aryl methyl sites for hydroxylation is 1. The molecular formula is C27H31N7O2. The molecule has 36 heavy (non-hydrogen) atoms. The molecule has 0 unspecified atom stereocenters. The van der Waals surface area contributed by atoms with E-state index in [4.69, 9.17) is 10.5 Å². The monoisotopic (exact) mass is 485 g/mol. The highest BCUT2D eigenvalue weighted by Gasteiger charge is 2.36. The van der Waals surface area contributed by atoms with Gasteiger partial charge in [-0.2, -0.15) is 0 Å². The smallest absolute Gasteiger partial charge is 0.162 e. The number of anilines is 1. The van der Waals surface area contributed by atoms with Gasteiger partial charge in [0.25, 0.3) is 0 Å². The number of hydrogen-bond acceptors (Lipinski definition) is 8. The Bertz CT molecular complexity index is 1350. The number of nitrogens with two attached hydrogens (primary N) is 1. The summed E-state index contributed by atoms with van der Waals surface area (Å²) in [6, 6.07) is 0. The summed E-state index contributed by atoms with van der Waals surface area (Å²) in [5.41, 5.74) is 10.7. The lowest BCUT2D eigenvalue weighted by atomic mass is 9.68. The lowest BCUT2D eigenvalue weighted by Gasteiger charge is -2.43. The van der Waals surface area contributed by atoms with Gasteiger partial charge >= 0.3 is 0 Å². The molecule has 0 atom stereocenters. The number of ether oxygens (including phenoxy) is 1. The van der Waals surface area contributed by atoms with E-state index in [1.165, 1.54) is 11.9 Å². The Labute approximate surface area is 210 Å². The van der Waals surface area contributed by atoms with E-state index in [9.17, 15) is 4.79 Å². The van der Waals surface area contributed by atoms with E-state index in [0.29, 0.717) is 28.9 Å². The number of rotatable bonds is 6. The molecule has 9 heteroatoms. The van der Waals surface area contributed by atoms with Gasteiger partial charge in [-0.05, 0) is 62.0 Å². The molecule has 0 bridgehead atoms. The van der Waals surface area contributed by atoms with E-state index in [2.05, 4.69) is 35.5 Å². The average molecular weight is 486 g/mol. The minimum atomic E-state index is 0.296. The van der Waals surface area contributed by atoms with Gasteiger partial charge in [-0.25, -0.2) is 19.9 Å². The van der Waals surface area contributed by atoms with Crippen LogP contribution in [-0.2, 0) is 11.8 Å². The third kappa shape index (κ3) is 4.12. The molecule has 1 saturated carbocycles. The fourth-order valence-electron chi connectivity index (χ4n) is 5.67. The first-order valence-electron chi connectivity index (χ1n) is 12.7. The number of aromatic nitrogens is 5. The molecule has 3 aliphatic rings. The van der Waals surface area contributed by atoms with Crippen molar-refractivity contribution in [1.29, 1.82) is 0 Å². The molecule has 9 nitrogen and oxygen atoms in total. The zero-order chi connectivity index (χ0) is 24.7. The Kier molecular flexibility index (Phi) is 5.70. The number of carbonyl (C=O) groups excluding carboxylic acids is 1. The zero-order valence-corrected chi connectivity index (χ0v) is 20.6. The highest BCUT2D eigenvalue weighted by atomic mass is 16.5. The van der Waals surface area contributed by atoms with Gasteiger partial charge in [0.15, 0.2) is 11.6 Å². The van der Waals surface area contributed by atoms with Gasteiger partial charge in [-0.3, -0.25) is 4.79 Å². The van der Waals surface area contributed by atoms with Crippen molar-refractivity contribution in [3.63, 3.8) is 0 Å². The predicted octanol–water partition coefficient (Wildman–Crippen LogP) is 3.91. The topological polar surface area (TPSA) is 112 Å². The number of hydrogen-bond donors (Lipinski definition) is 1. The summed E-state index contributed by atoms with van der Waals surface area (Å²) in [5.74, 6) is 1.74. The van der Waals surface area contributed by atoms with Crippen LogP contribution in [0.3, 0.4) is 0 Å². The minimum Gasteiger partial charge on any atom is -0.487 e. The molecule has 1 saturated heterocycles. The van der Waals surface area contributed by atoms with Crippen molar-refractivity contribution in [2.75, 3.05) is 18.8 Å². The summed E-state index contributed by atoms with van der Waals surface area (Å²) in [6.07, 6.45) is 19.6. The molecule has 2 aliphatic carbocycles. The van der Waals surface area contributed by atoms with Crippen LogP contribution in [0.2, 0.25) is 0 Å². The Hall–Kier alpha value is -3.75. The first kappa shape index (κ1) is 22.7. The van der Waals surface area contributed by atoms with Crippen LogP contribution in [-0.4, -0.2) is 54.9 Å². The fraction of sp³-hybridized carbons (Fsp3) is 0.444. The standard InChI is InChI=1S/C27H31N7O2/c1-33-23(18-5-7-27(8-6-18)9-12-34(13-10-27)11-2-14-35)21(22-24(28)31-17-32-26(22)33)25-29-15-20(16-30-25)36-19-3-4-19/h2,5,11,14-17,19H,3-4,6-10,12-13H2,1H3,(H2,28,31,32). The summed E-state index contributed by atoms with van der Waals surface area (Å²) in [4.78, 5) is 31.1. The van der Waals surface area contributed by atoms with Crippen molar-refractivity contribution in [3.05, 3.63) is 42.8 Å². The van der Waals surface area contributed by atoms with E-state index in [1.807, 2.05) is 13.2 Å². The van der Waals surface area contributed by atoms with Gasteiger partial charge in [0, 0.05) is 26.3 Å². The van der Waals surface area contributed by atoms with Crippen LogP contribution >= 0.6 is 0 Å². The third-order valence-electron chi connectivity index (χ3n) is 7.92. The molecule has 2 fully saturated rings. The molecule has 6 rings (SSSR count). The van der Waals surface area contributed by atoms with Gasteiger partial charge in [0.2, 0.25) is 0 Å². The van der Waals surface area contributed by atoms with Gasteiger partial charge < -0.3 is 19.9 Å². The summed E-state index contributed by atoms with van der Waals surface area (Å²) in [5, 5.41) is 0.794. The average Bonchev–Trinajstić information content (AvgIpc) is 3.67. The van der Waals surface area contributed by atoms with Crippen molar-refractivity contribution in [2.24, 2.45) is 12.5 Å². The van der Waals surface area contributed by atoms with Gasteiger partial charge in [0.05, 0.1) is 35.1 Å². The second kappa shape index (κ2) is 9.04. The molecule has 3 aromatic heterocycles. The Morgan fingerprint density at radius 2 is 1.89 bits per heavy atom. The van der Waals surface area contributed by atoms with Gasteiger partial charge in [-0.15, -0.1) is 0 Å². The molecule has 1 aliphatic heterocycles. The molecular weight excluding hydrogens is 454 g/mol. The van der Waals surface area contributed by atoms with Crippen molar-refractivity contribution in [1.82, 2.24) is 29.4 Å². The number of nitrogen functional groups attached to an aromatic ring is 1. The van der Waals surface area contributed by atoms with E-state index >= 15 is 0 Å². The minimum absolute atomic E-state index is 0.296. The third-order valence-corrected chi connectivity index (χ3v) is 7.92. The van der Waals surface area contributed by atoms with Crippen LogP contribution in [0.25, 0.3) is 28.0 Å². The van der Waals surface area contributed by atoms with Crippen molar-refractivity contribution in [3.8, 4) is 17.1 Å². The molecule has 0 amide bonds. The Morgan fingerprint density at radius 1 is 1.11 bits per heavy atom. The number of carbonyl (C=O) groups is 1. The maximum Gasteiger partial charge on any atom is 0.162 e. The lowest BCUT2D eigenvalue weighted by molar-refractivity contribution is -0.104. The largest absolute Gasteiger partial charge is 0.487 e. The number of aldehydes is 1. The van der Waals surface area contributed by atoms with Crippen molar-refractivity contribution in [2.45, 2.75) is 51.0 Å². The lowest BCUT2D eigenvalue weighted by Crippen LogP contribution is -2.38. The normalized spacial score (nSPS) is 19.7. The van der Waals surface area contributed by atoms with Crippen molar-refractivity contribution >= 4 is 28.7 Å². The van der Waals surface area contributed by atoms with Gasteiger partial charge in [0.1, 0.15) is 24.1 Å².